The molecular formula is C26H24F3N3O8. The number of hydrogen-bond donors (Lipinski definition) is 3. The molecule has 212 valence electrons. The van der Waals surface area contributed by atoms with Crippen molar-refractivity contribution in [2.24, 2.45) is 0 Å². The first-order valence-electron chi connectivity index (χ1n) is 11.6. The number of alkyl halides is 3. The number of nitrogens with one attached hydrogen (secondary N) is 1. The van der Waals surface area contributed by atoms with Crippen LogP contribution in [0.25, 0.3) is 11.1 Å². The molecule has 1 aliphatic rings. The van der Waals surface area contributed by atoms with Gasteiger partial charge in [0, 0.05) is 18.5 Å². The van der Waals surface area contributed by atoms with Crippen LogP contribution < -0.4 is 5.32 Å². The average Bonchev–Trinajstić information content (AvgIpc) is 3.47. The highest BCUT2D eigenvalue weighted by Gasteiger charge is 2.38. The van der Waals surface area contributed by atoms with Gasteiger partial charge in [0.05, 0.1) is 19.1 Å². The number of halogens is 3. The molecule has 1 amide bonds. The highest BCUT2D eigenvalue weighted by molar-refractivity contribution is 5.82. The Kier molecular flexibility index (Phi) is 9.48. The van der Waals surface area contributed by atoms with Crippen LogP contribution in [0.5, 0.6) is 0 Å². The minimum Gasteiger partial charge on any atom is -0.480 e. The number of hydrogen-bond acceptors (Lipinski definition) is 7. The van der Waals surface area contributed by atoms with Gasteiger partial charge in [-0.05, 0) is 22.3 Å². The van der Waals surface area contributed by atoms with E-state index in [9.17, 15) is 27.6 Å². The Hall–Kier alpha value is -4.88. The van der Waals surface area contributed by atoms with E-state index in [1.54, 1.807) is 0 Å². The van der Waals surface area contributed by atoms with Gasteiger partial charge < -0.3 is 29.6 Å². The Morgan fingerprint density at radius 3 is 2.08 bits per heavy atom. The summed E-state index contributed by atoms with van der Waals surface area (Å²) in [4.78, 5) is 48.6. The Bertz CT molecular complexity index is 1340. The van der Waals surface area contributed by atoms with Crippen molar-refractivity contribution in [3.05, 3.63) is 77.9 Å². The van der Waals surface area contributed by atoms with E-state index < -0.39 is 36.2 Å². The molecule has 1 aromatic heterocycles. The predicted octanol–water partition coefficient (Wildman–Crippen LogP) is 3.22. The monoisotopic (exact) mass is 563 g/mol. The highest BCUT2D eigenvalue weighted by atomic mass is 19.4. The van der Waals surface area contributed by atoms with Gasteiger partial charge in [-0.15, -0.1) is 0 Å². The maximum absolute atomic E-state index is 12.6. The molecule has 1 aliphatic carbocycles. The smallest absolute Gasteiger partial charge is 0.480 e. The number of aliphatic carboxylic acids is 2. The van der Waals surface area contributed by atoms with E-state index in [1.165, 1.54) is 24.2 Å². The fraction of sp³-hybridized carbons (Fsp3) is 0.269. The van der Waals surface area contributed by atoms with Crippen LogP contribution in [0.1, 0.15) is 22.7 Å². The third kappa shape index (κ3) is 7.58. The highest BCUT2D eigenvalue weighted by Crippen LogP contribution is 2.44. The van der Waals surface area contributed by atoms with E-state index >= 15 is 0 Å². The van der Waals surface area contributed by atoms with Gasteiger partial charge in [-0.2, -0.15) is 13.2 Å². The minimum atomic E-state index is -5.08. The molecule has 14 heteroatoms. The Morgan fingerprint density at radius 1 is 1.02 bits per heavy atom. The number of carbonyl (C=O) groups excluding carboxylic acids is 2. The molecule has 40 heavy (non-hydrogen) atoms. The molecule has 2 aromatic carbocycles. The third-order valence-electron chi connectivity index (χ3n) is 5.78. The number of nitrogens with zero attached hydrogens (tertiary/aromatic N) is 2. The van der Waals surface area contributed by atoms with Crippen molar-refractivity contribution in [2.75, 3.05) is 13.7 Å². The number of imidazole rings is 1. The lowest BCUT2D eigenvalue weighted by Crippen LogP contribution is -2.43. The summed E-state index contributed by atoms with van der Waals surface area (Å²) in [5, 5.41) is 18.5. The summed E-state index contributed by atoms with van der Waals surface area (Å²) in [6.45, 7) is -0.142. The molecule has 0 fully saturated rings. The Balaban J connectivity index is 0.000000559. The van der Waals surface area contributed by atoms with Gasteiger partial charge in [0.25, 0.3) is 0 Å². The number of rotatable bonds is 8. The van der Waals surface area contributed by atoms with Gasteiger partial charge in [0.15, 0.2) is 0 Å². The molecule has 0 aliphatic heterocycles. The van der Waals surface area contributed by atoms with Crippen molar-refractivity contribution in [3.63, 3.8) is 0 Å². The molecule has 0 radical (unpaired) electrons. The maximum Gasteiger partial charge on any atom is 0.490 e. The average molecular weight is 563 g/mol. The first-order chi connectivity index (χ1) is 18.9. The molecule has 4 rings (SSSR count). The molecule has 0 unspecified atom stereocenters. The lowest BCUT2D eigenvalue weighted by molar-refractivity contribution is -0.192. The minimum absolute atomic E-state index is 0.0312. The second kappa shape index (κ2) is 12.8. The van der Waals surface area contributed by atoms with E-state index in [0.717, 1.165) is 22.3 Å². The second-order valence-electron chi connectivity index (χ2n) is 8.48. The van der Waals surface area contributed by atoms with Crippen LogP contribution in [0.15, 0.2) is 61.1 Å². The SMILES string of the molecule is COC(=O)[C@H](Cc1cn(CC(=O)O)cn1)NC(=O)OCC1c2ccccc2-c2ccccc21.O=C(O)C(F)(F)F. The zero-order chi connectivity index (χ0) is 29.4. The van der Waals surface area contributed by atoms with Crippen molar-refractivity contribution in [3.8, 4) is 11.1 Å². The van der Waals surface area contributed by atoms with Gasteiger partial charge in [-0.1, -0.05) is 48.5 Å². The maximum atomic E-state index is 12.6. The first kappa shape index (κ1) is 29.7. The summed E-state index contributed by atoms with van der Waals surface area (Å²) in [7, 11) is 1.22. The number of fused-ring (bicyclic) bond motifs is 3. The number of aromatic nitrogens is 2. The topological polar surface area (TPSA) is 157 Å². The standard InChI is InChI=1S/C24H23N3O6.C2HF3O2/c1-32-23(30)21(10-15-11-27(14-25-15)12-22(28)29)26-24(31)33-13-20-18-8-4-2-6-16(18)17-7-3-5-9-19(17)20;3-2(4,5)1(6)7/h2-9,11,14,20-21H,10,12-13H2,1H3,(H,26,31)(H,28,29);(H,6,7)/t21-;/m0./s1. The number of methoxy groups -OCH3 is 1. The van der Waals surface area contributed by atoms with Crippen LogP contribution in [-0.4, -0.2) is 69.7 Å². The summed E-state index contributed by atoms with van der Waals surface area (Å²) in [5.74, 6) is -4.53. The molecule has 0 bridgehead atoms. The summed E-state index contributed by atoms with van der Waals surface area (Å²) in [5.41, 5.74) is 4.84. The Morgan fingerprint density at radius 2 is 1.57 bits per heavy atom. The summed E-state index contributed by atoms with van der Waals surface area (Å²) >= 11 is 0. The summed E-state index contributed by atoms with van der Waals surface area (Å²) in [6.07, 6.45) is -2.95. The molecule has 3 aromatic rings. The number of alkyl carbamates (subject to hydrolysis) is 1. The van der Waals surface area contributed by atoms with Gasteiger partial charge in [-0.3, -0.25) is 4.79 Å². The normalized spacial score (nSPS) is 12.7. The van der Waals surface area contributed by atoms with Crippen molar-refractivity contribution in [1.82, 2.24) is 14.9 Å². The molecular weight excluding hydrogens is 539 g/mol. The molecule has 1 atom stereocenters. The van der Waals surface area contributed by atoms with E-state index in [-0.39, 0.29) is 25.5 Å². The van der Waals surface area contributed by atoms with Crippen LogP contribution in [0, 0.1) is 0 Å². The number of ether oxygens (including phenoxy) is 2. The van der Waals surface area contributed by atoms with Crippen molar-refractivity contribution >= 4 is 24.0 Å². The van der Waals surface area contributed by atoms with Crippen LogP contribution in [0.3, 0.4) is 0 Å². The van der Waals surface area contributed by atoms with Crippen LogP contribution in [0.2, 0.25) is 0 Å². The van der Waals surface area contributed by atoms with Gasteiger partial charge in [0.2, 0.25) is 0 Å². The lowest BCUT2D eigenvalue weighted by Gasteiger charge is -2.18. The Labute approximate surface area is 225 Å². The van der Waals surface area contributed by atoms with Gasteiger partial charge in [0.1, 0.15) is 19.2 Å². The van der Waals surface area contributed by atoms with E-state index in [1.807, 2.05) is 48.5 Å². The zero-order valence-corrected chi connectivity index (χ0v) is 20.9. The molecule has 0 saturated heterocycles. The lowest BCUT2D eigenvalue weighted by atomic mass is 9.98. The van der Waals surface area contributed by atoms with Crippen molar-refractivity contribution in [2.45, 2.75) is 31.1 Å². The molecule has 3 N–H and O–H groups in total. The fourth-order valence-corrected chi connectivity index (χ4v) is 4.08. The molecule has 0 saturated carbocycles. The predicted molar refractivity (Wildman–Crippen MR) is 131 cm³/mol. The number of carboxylic acid groups (broad SMARTS) is 2. The molecule has 1 heterocycles. The number of carboxylic acids is 2. The van der Waals surface area contributed by atoms with E-state index in [2.05, 4.69) is 10.3 Å². The fourth-order valence-electron chi connectivity index (χ4n) is 4.08. The van der Waals surface area contributed by atoms with Crippen molar-refractivity contribution < 1.29 is 52.0 Å². The first-order valence-corrected chi connectivity index (χ1v) is 11.6. The number of esters is 1. The van der Waals surface area contributed by atoms with E-state index in [0.29, 0.717) is 5.69 Å². The largest absolute Gasteiger partial charge is 0.490 e. The quantitative estimate of drug-likeness (QED) is 0.350. The van der Waals surface area contributed by atoms with E-state index in [4.69, 9.17) is 24.5 Å². The molecule has 11 nitrogen and oxygen atoms in total. The summed E-state index contributed by atoms with van der Waals surface area (Å²) < 4.78 is 43.4. The van der Waals surface area contributed by atoms with Crippen molar-refractivity contribution in [1.29, 1.82) is 0 Å². The zero-order valence-electron chi connectivity index (χ0n) is 20.9. The van der Waals surface area contributed by atoms with Crippen LogP contribution >= 0.6 is 0 Å². The van der Waals surface area contributed by atoms with Crippen LogP contribution in [0.4, 0.5) is 18.0 Å². The third-order valence-corrected chi connectivity index (χ3v) is 5.78. The van der Waals surface area contributed by atoms with Gasteiger partial charge in [-0.25, -0.2) is 19.4 Å². The number of benzene rings is 2. The summed E-state index contributed by atoms with van der Waals surface area (Å²) in [6, 6.07) is 15.0. The van der Waals surface area contributed by atoms with Gasteiger partial charge >= 0.3 is 30.2 Å². The number of amides is 1. The molecule has 0 spiro atoms. The number of carbonyl (C=O) groups is 4. The second-order valence-corrected chi connectivity index (χ2v) is 8.48. The van der Waals surface area contributed by atoms with Crippen LogP contribution in [-0.2, 0) is 36.8 Å².